The molecule has 0 aliphatic rings. The van der Waals surface area contributed by atoms with Gasteiger partial charge in [0.1, 0.15) is 0 Å². The van der Waals surface area contributed by atoms with E-state index in [0.717, 1.165) is 31.5 Å². The number of methoxy groups -OCH3 is 1. The number of halogens is 1. The molecule has 0 bridgehead atoms. The number of nitrogens with one attached hydrogen (secondary N) is 1. The molecule has 1 aromatic heterocycles. The third-order valence-corrected chi connectivity index (χ3v) is 4.69. The van der Waals surface area contributed by atoms with E-state index < -0.39 is 0 Å². The van der Waals surface area contributed by atoms with Crippen molar-refractivity contribution in [1.82, 2.24) is 10.2 Å². The molecule has 0 atom stereocenters. The molecule has 0 aliphatic carbocycles. The lowest BCUT2D eigenvalue weighted by molar-refractivity contribution is 0.218. The fourth-order valence-corrected chi connectivity index (χ4v) is 3.25. The number of hydrogen-bond donors (Lipinski definition) is 1. The smallest absolute Gasteiger partial charge is 0.210 e. The van der Waals surface area contributed by atoms with E-state index in [-0.39, 0.29) is 0 Å². The minimum atomic E-state index is 0.709. The Balaban J connectivity index is 1.97. The van der Waals surface area contributed by atoms with Crippen LogP contribution in [-0.4, -0.2) is 29.7 Å². The zero-order chi connectivity index (χ0) is 13.7. The van der Waals surface area contributed by atoms with Crippen LogP contribution in [-0.2, 0) is 4.74 Å². The van der Waals surface area contributed by atoms with E-state index in [1.165, 1.54) is 11.3 Å². The Kier molecular flexibility index (Phi) is 5.45. The summed E-state index contributed by atoms with van der Waals surface area (Å²) >= 11 is 9.23. The number of nitrogens with zero attached hydrogens (tertiary/aromatic N) is 2. The molecule has 0 fully saturated rings. The van der Waals surface area contributed by atoms with Crippen molar-refractivity contribution in [3.8, 4) is 0 Å². The van der Waals surface area contributed by atoms with Crippen LogP contribution in [0.4, 0.5) is 10.8 Å². The summed E-state index contributed by atoms with van der Waals surface area (Å²) in [6.45, 7) is 2.68. The maximum atomic E-state index is 6.08. The summed E-state index contributed by atoms with van der Waals surface area (Å²) in [5.74, 6) is 0.876. The second-order valence-electron chi connectivity index (χ2n) is 3.80. The minimum Gasteiger partial charge on any atom is -0.384 e. The van der Waals surface area contributed by atoms with Crippen molar-refractivity contribution in [2.45, 2.75) is 11.3 Å². The number of thioether (sulfide) groups is 1. The summed E-state index contributed by atoms with van der Waals surface area (Å²) in [6.07, 6.45) is 0. The molecule has 0 radical (unpaired) electrons. The normalized spacial score (nSPS) is 10.7. The molecule has 102 valence electrons. The van der Waals surface area contributed by atoms with Crippen LogP contribution in [0, 0.1) is 6.92 Å². The minimum absolute atomic E-state index is 0.709. The zero-order valence-electron chi connectivity index (χ0n) is 10.6. The lowest BCUT2D eigenvalue weighted by Gasteiger charge is -2.03. The van der Waals surface area contributed by atoms with Gasteiger partial charge in [0.25, 0.3) is 0 Å². The summed E-state index contributed by atoms with van der Waals surface area (Å²) in [7, 11) is 1.69. The summed E-state index contributed by atoms with van der Waals surface area (Å²) < 4.78 is 5.92. The first-order valence-electron chi connectivity index (χ1n) is 5.67. The quantitative estimate of drug-likeness (QED) is 0.645. The number of aromatic nitrogens is 2. The Hall–Kier alpha value is -0.820. The maximum absolute atomic E-state index is 6.08. The van der Waals surface area contributed by atoms with Crippen molar-refractivity contribution in [1.29, 1.82) is 0 Å². The zero-order valence-corrected chi connectivity index (χ0v) is 13.0. The first kappa shape index (κ1) is 14.6. The topological polar surface area (TPSA) is 47.0 Å². The van der Waals surface area contributed by atoms with Crippen molar-refractivity contribution in [2.75, 3.05) is 24.8 Å². The highest BCUT2D eigenvalue weighted by atomic mass is 35.5. The Bertz CT molecular complexity index is 548. The van der Waals surface area contributed by atoms with Gasteiger partial charge < -0.3 is 10.1 Å². The molecule has 4 nitrogen and oxygen atoms in total. The van der Waals surface area contributed by atoms with E-state index in [2.05, 4.69) is 15.5 Å². The summed E-state index contributed by atoms with van der Waals surface area (Å²) in [5.41, 5.74) is 1.97. The number of rotatable bonds is 6. The second kappa shape index (κ2) is 7.09. The molecule has 2 aromatic rings. The lowest BCUT2D eigenvalue weighted by Crippen LogP contribution is -1.90. The van der Waals surface area contributed by atoms with Gasteiger partial charge in [-0.25, -0.2) is 0 Å². The fraction of sp³-hybridized carbons (Fsp3) is 0.333. The third-order valence-electron chi connectivity index (χ3n) is 2.34. The molecule has 0 unspecified atom stereocenters. The largest absolute Gasteiger partial charge is 0.384 e. The van der Waals surface area contributed by atoms with Gasteiger partial charge in [-0.15, -0.1) is 10.2 Å². The molecule has 0 spiro atoms. The molecule has 19 heavy (non-hydrogen) atoms. The predicted octanol–water partition coefficient (Wildman–Crippen LogP) is 3.98. The summed E-state index contributed by atoms with van der Waals surface area (Å²) in [6, 6.07) is 5.83. The number of aryl methyl sites for hydroxylation is 1. The highest BCUT2D eigenvalue weighted by molar-refractivity contribution is 8.01. The molecule has 1 heterocycles. The average Bonchev–Trinajstić information content (AvgIpc) is 2.82. The predicted molar refractivity (Wildman–Crippen MR) is 82.0 cm³/mol. The van der Waals surface area contributed by atoms with Crippen LogP contribution in [0.5, 0.6) is 0 Å². The van der Waals surface area contributed by atoms with Gasteiger partial charge in [-0.05, 0) is 24.6 Å². The van der Waals surface area contributed by atoms with Crippen LogP contribution < -0.4 is 5.32 Å². The molecule has 0 saturated carbocycles. The Morgan fingerprint density at radius 1 is 1.42 bits per heavy atom. The van der Waals surface area contributed by atoms with Gasteiger partial charge in [0.15, 0.2) is 4.34 Å². The SMILES string of the molecule is COCCSc1nnc(Nc2ccc(C)c(Cl)c2)s1. The van der Waals surface area contributed by atoms with Crippen molar-refractivity contribution in [2.24, 2.45) is 0 Å². The van der Waals surface area contributed by atoms with Crippen molar-refractivity contribution in [3.63, 3.8) is 0 Å². The summed E-state index contributed by atoms with van der Waals surface area (Å²) in [4.78, 5) is 0. The molecule has 0 amide bonds. The second-order valence-corrected chi connectivity index (χ2v) is 6.53. The number of ether oxygens (including phenoxy) is 1. The van der Waals surface area contributed by atoms with Crippen molar-refractivity contribution < 1.29 is 4.74 Å². The fourth-order valence-electron chi connectivity index (χ4n) is 1.33. The average molecular weight is 316 g/mol. The molecule has 1 aromatic carbocycles. The highest BCUT2D eigenvalue weighted by Crippen LogP contribution is 2.28. The van der Waals surface area contributed by atoms with Gasteiger partial charge >= 0.3 is 0 Å². The van der Waals surface area contributed by atoms with Gasteiger partial charge in [0.2, 0.25) is 5.13 Å². The first-order valence-corrected chi connectivity index (χ1v) is 7.85. The maximum Gasteiger partial charge on any atom is 0.210 e. The number of anilines is 2. The van der Waals surface area contributed by atoms with Crippen LogP contribution >= 0.6 is 34.7 Å². The summed E-state index contributed by atoms with van der Waals surface area (Å²) in [5, 5.41) is 12.9. The van der Waals surface area contributed by atoms with Crippen LogP contribution in [0.2, 0.25) is 5.02 Å². The molecular formula is C12H14ClN3OS2. The van der Waals surface area contributed by atoms with Gasteiger partial charge in [-0.3, -0.25) is 0 Å². The number of hydrogen-bond acceptors (Lipinski definition) is 6. The molecule has 2 rings (SSSR count). The first-order chi connectivity index (χ1) is 9.19. The van der Waals surface area contributed by atoms with E-state index in [4.69, 9.17) is 16.3 Å². The Labute approximate surface area is 125 Å². The number of benzene rings is 1. The molecule has 7 heteroatoms. The molecule has 0 aliphatic heterocycles. The van der Waals surface area contributed by atoms with Gasteiger partial charge in [0, 0.05) is 23.6 Å². The van der Waals surface area contributed by atoms with E-state index >= 15 is 0 Å². The van der Waals surface area contributed by atoms with E-state index in [1.807, 2.05) is 25.1 Å². The van der Waals surface area contributed by atoms with Gasteiger partial charge in [-0.2, -0.15) is 0 Å². The van der Waals surface area contributed by atoms with Crippen LogP contribution in [0.1, 0.15) is 5.56 Å². The molecule has 0 saturated heterocycles. The van der Waals surface area contributed by atoms with Crippen molar-refractivity contribution >= 4 is 45.5 Å². The molecule has 1 N–H and O–H groups in total. The Morgan fingerprint density at radius 2 is 2.26 bits per heavy atom. The van der Waals surface area contributed by atoms with E-state index in [0.29, 0.717) is 6.61 Å². The Morgan fingerprint density at radius 3 is 3.00 bits per heavy atom. The van der Waals surface area contributed by atoms with E-state index in [1.54, 1.807) is 18.9 Å². The van der Waals surface area contributed by atoms with Gasteiger partial charge in [-0.1, -0.05) is 40.8 Å². The van der Waals surface area contributed by atoms with Crippen molar-refractivity contribution in [3.05, 3.63) is 28.8 Å². The van der Waals surface area contributed by atoms with Crippen LogP contribution in [0.25, 0.3) is 0 Å². The molecular weight excluding hydrogens is 302 g/mol. The van der Waals surface area contributed by atoms with E-state index in [9.17, 15) is 0 Å². The standard InChI is InChI=1S/C12H14ClN3OS2/c1-8-3-4-9(7-10(8)13)14-11-15-16-12(19-11)18-6-5-17-2/h3-4,7H,5-6H2,1-2H3,(H,14,15). The monoisotopic (exact) mass is 315 g/mol. The lowest BCUT2D eigenvalue weighted by atomic mass is 10.2. The third kappa shape index (κ3) is 4.35. The highest BCUT2D eigenvalue weighted by Gasteiger charge is 2.05. The van der Waals surface area contributed by atoms with Crippen LogP contribution in [0.15, 0.2) is 22.5 Å². The van der Waals surface area contributed by atoms with Gasteiger partial charge in [0.05, 0.1) is 6.61 Å². The van der Waals surface area contributed by atoms with Crippen LogP contribution in [0.3, 0.4) is 0 Å².